The van der Waals surface area contributed by atoms with Crippen LogP contribution in [0.15, 0.2) is 47.6 Å². The van der Waals surface area contributed by atoms with Crippen molar-refractivity contribution in [3.8, 4) is 11.5 Å². The lowest BCUT2D eigenvalue weighted by atomic mass is 9.86. The van der Waals surface area contributed by atoms with Crippen LogP contribution in [-0.4, -0.2) is 23.6 Å². The first kappa shape index (κ1) is 16.9. The molecule has 0 radical (unpaired) electrons. The van der Waals surface area contributed by atoms with Gasteiger partial charge in [0.2, 0.25) is 0 Å². The number of rotatable bonds is 2. The van der Waals surface area contributed by atoms with E-state index >= 15 is 0 Å². The molecule has 1 spiro atoms. The summed E-state index contributed by atoms with van der Waals surface area (Å²) >= 11 is 6.07. The molecule has 0 saturated heterocycles. The van der Waals surface area contributed by atoms with Crippen molar-refractivity contribution < 1.29 is 9.47 Å². The highest BCUT2D eigenvalue weighted by Gasteiger charge is 2.51. The summed E-state index contributed by atoms with van der Waals surface area (Å²) in [4.78, 5) is 0. The Morgan fingerprint density at radius 2 is 1.89 bits per heavy atom. The van der Waals surface area contributed by atoms with Crippen LogP contribution >= 0.6 is 11.6 Å². The first-order valence-corrected chi connectivity index (χ1v) is 10.1. The summed E-state index contributed by atoms with van der Waals surface area (Å²) in [5.74, 6) is 1.72. The molecule has 5 heteroatoms. The highest BCUT2D eigenvalue weighted by molar-refractivity contribution is 6.30. The van der Waals surface area contributed by atoms with Gasteiger partial charge in [0.15, 0.2) is 17.2 Å². The third-order valence-corrected chi connectivity index (χ3v) is 6.27. The number of hydrazone groups is 1. The highest BCUT2D eigenvalue weighted by Crippen LogP contribution is 2.53. The van der Waals surface area contributed by atoms with Crippen LogP contribution in [0.25, 0.3) is 0 Å². The molecule has 0 aromatic heterocycles. The third-order valence-electron chi connectivity index (χ3n) is 6.02. The maximum Gasteiger partial charge on any atom is 0.198 e. The molecule has 0 unspecified atom stereocenters. The molecule has 1 saturated carbocycles. The van der Waals surface area contributed by atoms with Gasteiger partial charge >= 0.3 is 0 Å². The first-order valence-electron chi connectivity index (χ1n) is 9.69. The minimum atomic E-state index is -0.362. The third kappa shape index (κ3) is 2.69. The van der Waals surface area contributed by atoms with E-state index in [-0.39, 0.29) is 11.8 Å². The molecule has 0 N–H and O–H groups in total. The number of ether oxygens (including phenoxy) is 2. The highest BCUT2D eigenvalue weighted by atomic mass is 35.5. The minimum absolute atomic E-state index is 0.188. The fraction of sp³-hybridized carbons (Fsp3) is 0.409. The number of hydrogen-bond acceptors (Lipinski definition) is 4. The van der Waals surface area contributed by atoms with Crippen molar-refractivity contribution >= 4 is 17.3 Å². The number of nitrogens with zero attached hydrogens (tertiary/aromatic N) is 2. The van der Waals surface area contributed by atoms with E-state index in [9.17, 15) is 0 Å². The van der Waals surface area contributed by atoms with Gasteiger partial charge in [0.05, 0.1) is 18.9 Å². The Morgan fingerprint density at radius 3 is 2.63 bits per heavy atom. The maximum atomic E-state index is 6.67. The van der Waals surface area contributed by atoms with Gasteiger partial charge in [-0.2, -0.15) is 5.10 Å². The van der Waals surface area contributed by atoms with E-state index in [4.69, 9.17) is 26.2 Å². The van der Waals surface area contributed by atoms with Gasteiger partial charge in [-0.05, 0) is 36.6 Å². The van der Waals surface area contributed by atoms with E-state index in [0.717, 1.165) is 47.1 Å². The molecule has 27 heavy (non-hydrogen) atoms. The van der Waals surface area contributed by atoms with E-state index in [1.807, 2.05) is 24.3 Å². The van der Waals surface area contributed by atoms with Crippen molar-refractivity contribution in [3.05, 3.63) is 58.6 Å². The van der Waals surface area contributed by atoms with E-state index in [2.05, 4.69) is 23.2 Å². The zero-order valence-electron chi connectivity index (χ0n) is 15.5. The molecule has 3 aliphatic rings. The van der Waals surface area contributed by atoms with E-state index in [1.54, 1.807) is 7.11 Å². The zero-order valence-corrected chi connectivity index (χ0v) is 16.2. The van der Waals surface area contributed by atoms with Gasteiger partial charge in [-0.25, -0.2) is 5.01 Å². The topological polar surface area (TPSA) is 34.1 Å². The van der Waals surface area contributed by atoms with Crippen LogP contribution < -0.4 is 9.47 Å². The maximum absolute atomic E-state index is 6.67. The van der Waals surface area contributed by atoms with Crippen molar-refractivity contribution in [2.45, 2.75) is 50.3 Å². The minimum Gasteiger partial charge on any atom is -0.493 e. The summed E-state index contributed by atoms with van der Waals surface area (Å²) in [5.41, 5.74) is 3.03. The fourth-order valence-corrected chi connectivity index (χ4v) is 4.81. The van der Waals surface area contributed by atoms with Crippen molar-refractivity contribution in [2.75, 3.05) is 7.11 Å². The van der Waals surface area contributed by atoms with E-state index < -0.39 is 0 Å². The van der Waals surface area contributed by atoms with Crippen molar-refractivity contribution in [2.24, 2.45) is 5.10 Å². The van der Waals surface area contributed by atoms with Gasteiger partial charge in [-0.3, -0.25) is 0 Å². The molecule has 1 fully saturated rings. The van der Waals surface area contributed by atoms with Gasteiger partial charge in [-0.15, -0.1) is 0 Å². The molecule has 2 aromatic carbocycles. The molecule has 1 atom stereocenters. The lowest BCUT2D eigenvalue weighted by Crippen LogP contribution is -2.54. The summed E-state index contributed by atoms with van der Waals surface area (Å²) in [5, 5.41) is 8.08. The second-order valence-electron chi connectivity index (χ2n) is 7.61. The lowest BCUT2D eigenvalue weighted by molar-refractivity contribution is -0.141. The van der Waals surface area contributed by atoms with Crippen LogP contribution in [0.4, 0.5) is 0 Å². The summed E-state index contributed by atoms with van der Waals surface area (Å²) in [6.07, 6.45) is 6.46. The second kappa shape index (κ2) is 6.45. The van der Waals surface area contributed by atoms with Crippen LogP contribution in [0.3, 0.4) is 0 Å². The van der Waals surface area contributed by atoms with E-state index in [0.29, 0.717) is 0 Å². The fourth-order valence-electron chi connectivity index (χ4n) is 4.68. The van der Waals surface area contributed by atoms with Gasteiger partial charge in [0.1, 0.15) is 0 Å². The van der Waals surface area contributed by atoms with Crippen LogP contribution in [-0.2, 0) is 0 Å². The molecule has 4 nitrogen and oxygen atoms in total. The summed E-state index contributed by atoms with van der Waals surface area (Å²) in [7, 11) is 1.71. The lowest BCUT2D eigenvalue weighted by Gasteiger charge is -2.49. The van der Waals surface area contributed by atoms with Crippen molar-refractivity contribution in [3.63, 3.8) is 0 Å². The summed E-state index contributed by atoms with van der Waals surface area (Å²) in [6, 6.07) is 14.3. The quantitative estimate of drug-likeness (QED) is 0.682. The number of hydrogen-bond donors (Lipinski definition) is 0. The number of benzene rings is 2. The summed E-state index contributed by atoms with van der Waals surface area (Å²) in [6.45, 7) is 0. The van der Waals surface area contributed by atoms with Crippen LogP contribution in [0.5, 0.6) is 11.5 Å². The predicted octanol–water partition coefficient (Wildman–Crippen LogP) is 5.55. The molecule has 1 aliphatic carbocycles. The largest absolute Gasteiger partial charge is 0.493 e. The Bertz CT molecular complexity index is 888. The van der Waals surface area contributed by atoms with Gasteiger partial charge in [0.25, 0.3) is 0 Å². The molecule has 5 rings (SSSR count). The van der Waals surface area contributed by atoms with Crippen molar-refractivity contribution in [1.82, 2.24) is 5.01 Å². The second-order valence-corrected chi connectivity index (χ2v) is 8.04. The average Bonchev–Trinajstić information content (AvgIpc) is 3.16. The number of fused-ring (bicyclic) bond motifs is 4. The van der Waals surface area contributed by atoms with E-state index in [1.165, 1.54) is 24.8 Å². The van der Waals surface area contributed by atoms with Gasteiger partial charge in [0, 0.05) is 29.8 Å². The predicted molar refractivity (Wildman–Crippen MR) is 107 cm³/mol. The standard InChI is InChI=1S/C22H23ClN2O2/c1-26-20-7-5-6-17-19-14-18(15-8-10-16(23)11-9-15)24-25(19)22(27-21(17)20)12-3-2-4-13-22/h5-11,19H,2-4,12-14H2,1H3/t19-/m0/s1. The monoisotopic (exact) mass is 382 g/mol. The average molecular weight is 383 g/mol. The molecule has 2 aromatic rings. The molecular formula is C22H23ClN2O2. The molecular weight excluding hydrogens is 360 g/mol. The molecule has 2 aliphatic heterocycles. The molecule has 0 amide bonds. The molecule has 0 bridgehead atoms. The van der Waals surface area contributed by atoms with Crippen LogP contribution in [0.1, 0.15) is 55.7 Å². The normalized spacial score (nSPS) is 22.7. The first-order chi connectivity index (χ1) is 13.2. The Labute approximate surface area is 164 Å². The number of para-hydroxylation sites is 1. The summed E-state index contributed by atoms with van der Waals surface area (Å²) < 4.78 is 12.3. The Balaban J connectivity index is 1.61. The van der Waals surface area contributed by atoms with Gasteiger partial charge in [-0.1, -0.05) is 42.3 Å². The molecule has 140 valence electrons. The van der Waals surface area contributed by atoms with Crippen molar-refractivity contribution in [1.29, 1.82) is 0 Å². The zero-order chi connectivity index (χ0) is 18.4. The number of halogens is 1. The molecule has 2 heterocycles. The smallest absolute Gasteiger partial charge is 0.198 e. The Hall–Kier alpha value is -2.20. The Kier molecular flexibility index (Phi) is 4.05. The van der Waals surface area contributed by atoms with Crippen LogP contribution in [0, 0.1) is 0 Å². The van der Waals surface area contributed by atoms with Gasteiger partial charge < -0.3 is 9.47 Å². The Morgan fingerprint density at radius 1 is 1.11 bits per heavy atom. The number of methoxy groups -OCH3 is 1. The van der Waals surface area contributed by atoms with Crippen LogP contribution in [0.2, 0.25) is 5.02 Å². The SMILES string of the molecule is COc1cccc2c1OC1(CCCCC1)N1N=C(c3ccc(Cl)cc3)C[C@@H]21.